The maximum absolute atomic E-state index is 12.5. The van der Waals surface area contributed by atoms with Crippen LogP contribution in [0.1, 0.15) is 33.1 Å². The number of carbonyl (C=O) groups is 1. The molecule has 0 radical (unpaired) electrons. The van der Waals surface area contributed by atoms with Gasteiger partial charge >= 0.3 is 0 Å². The number of nitrogens with one attached hydrogen (secondary N) is 3. The van der Waals surface area contributed by atoms with E-state index in [1.54, 1.807) is 36.4 Å². The number of rotatable bonds is 9. The third-order valence-corrected chi connectivity index (χ3v) is 5.45. The molecule has 0 bridgehead atoms. The van der Waals surface area contributed by atoms with E-state index in [1.807, 2.05) is 13.8 Å². The molecule has 0 heterocycles. The van der Waals surface area contributed by atoms with Crippen molar-refractivity contribution in [2.75, 3.05) is 16.6 Å². The van der Waals surface area contributed by atoms with E-state index in [9.17, 15) is 13.2 Å². The van der Waals surface area contributed by atoms with E-state index < -0.39 is 10.0 Å². The molecule has 0 aromatic heterocycles. The van der Waals surface area contributed by atoms with Gasteiger partial charge in [0.25, 0.3) is 10.0 Å². The minimum absolute atomic E-state index is 0.106. The van der Waals surface area contributed by atoms with Crippen LogP contribution in [0, 0.1) is 0 Å². The van der Waals surface area contributed by atoms with E-state index in [-0.39, 0.29) is 15.9 Å². The Morgan fingerprint density at radius 2 is 1.62 bits per heavy atom. The van der Waals surface area contributed by atoms with Gasteiger partial charge in [-0.15, -0.1) is 0 Å². The Labute approximate surface area is 176 Å². The highest BCUT2D eigenvalue weighted by Crippen LogP contribution is 2.20. The highest BCUT2D eigenvalue weighted by molar-refractivity contribution is 7.92. The molecule has 2 aromatic carbocycles. The smallest absolute Gasteiger partial charge is 0.261 e. The summed E-state index contributed by atoms with van der Waals surface area (Å²) in [5.74, 6) is 0.520. The summed E-state index contributed by atoms with van der Waals surface area (Å²) in [5.41, 5.74) is 1.01. The quantitative estimate of drug-likeness (QED) is 0.517. The first-order chi connectivity index (χ1) is 13.8. The second kappa shape index (κ2) is 10.8. The molecule has 0 aliphatic carbocycles. The van der Waals surface area contributed by atoms with Gasteiger partial charge in [0.15, 0.2) is 5.11 Å². The first-order valence-corrected chi connectivity index (χ1v) is 11.2. The molecule has 0 saturated carbocycles. The maximum atomic E-state index is 12.5. The van der Waals surface area contributed by atoms with Crippen molar-refractivity contribution in [3.63, 3.8) is 0 Å². The highest BCUT2D eigenvalue weighted by atomic mass is 32.2. The van der Waals surface area contributed by atoms with E-state index in [4.69, 9.17) is 17.0 Å². The van der Waals surface area contributed by atoms with Crippen molar-refractivity contribution in [3.05, 3.63) is 48.5 Å². The van der Waals surface area contributed by atoms with Crippen molar-refractivity contribution in [3.8, 4) is 5.75 Å². The molecule has 0 atom stereocenters. The van der Waals surface area contributed by atoms with Crippen molar-refractivity contribution in [1.29, 1.82) is 0 Å². The lowest BCUT2D eigenvalue weighted by Gasteiger charge is -2.11. The number of benzene rings is 2. The molecule has 7 nitrogen and oxygen atoms in total. The van der Waals surface area contributed by atoms with Crippen molar-refractivity contribution < 1.29 is 17.9 Å². The van der Waals surface area contributed by atoms with Crippen LogP contribution in [0.5, 0.6) is 5.75 Å². The van der Waals surface area contributed by atoms with Gasteiger partial charge in [-0.3, -0.25) is 9.52 Å². The number of unbranched alkanes of at least 4 members (excludes halogenated alkanes) is 1. The minimum atomic E-state index is -3.73. The molecule has 0 unspecified atom stereocenters. The first-order valence-electron chi connectivity index (χ1n) is 9.30. The Bertz CT molecular complexity index is 927. The van der Waals surface area contributed by atoms with E-state index in [2.05, 4.69) is 15.4 Å². The summed E-state index contributed by atoms with van der Waals surface area (Å²) in [6.45, 7) is 4.42. The lowest BCUT2D eigenvalue weighted by atomic mass is 10.2. The molecule has 29 heavy (non-hydrogen) atoms. The zero-order valence-corrected chi connectivity index (χ0v) is 18.0. The van der Waals surface area contributed by atoms with Crippen LogP contribution in [0.4, 0.5) is 11.4 Å². The number of ether oxygens (including phenoxy) is 1. The predicted octanol–water partition coefficient (Wildman–Crippen LogP) is 3.89. The molecule has 2 rings (SSSR count). The van der Waals surface area contributed by atoms with Gasteiger partial charge in [-0.05, 0) is 74.1 Å². The van der Waals surface area contributed by atoms with E-state index >= 15 is 0 Å². The molecule has 156 valence electrons. The van der Waals surface area contributed by atoms with E-state index in [1.165, 1.54) is 12.1 Å². The van der Waals surface area contributed by atoms with Crippen LogP contribution in [0.2, 0.25) is 0 Å². The Kier molecular flexibility index (Phi) is 8.41. The van der Waals surface area contributed by atoms with Gasteiger partial charge in [0.2, 0.25) is 5.91 Å². The van der Waals surface area contributed by atoms with Crippen LogP contribution >= 0.6 is 12.2 Å². The van der Waals surface area contributed by atoms with Crippen molar-refractivity contribution in [2.24, 2.45) is 0 Å². The van der Waals surface area contributed by atoms with Crippen molar-refractivity contribution in [2.45, 2.75) is 38.0 Å². The second-order valence-electron chi connectivity index (χ2n) is 6.19. The van der Waals surface area contributed by atoms with Crippen LogP contribution in [0.15, 0.2) is 53.4 Å². The lowest BCUT2D eigenvalue weighted by Crippen LogP contribution is -2.33. The molecule has 0 saturated heterocycles. The Morgan fingerprint density at radius 1 is 1.00 bits per heavy atom. The molecule has 0 fully saturated rings. The van der Waals surface area contributed by atoms with Crippen molar-refractivity contribution >= 4 is 44.6 Å². The number of hydrogen-bond acceptors (Lipinski definition) is 5. The molecule has 0 aliphatic rings. The highest BCUT2D eigenvalue weighted by Gasteiger charge is 2.14. The summed E-state index contributed by atoms with van der Waals surface area (Å²) >= 11 is 5.10. The van der Waals surface area contributed by atoms with E-state index in [0.717, 1.165) is 12.8 Å². The topological polar surface area (TPSA) is 96.5 Å². The van der Waals surface area contributed by atoms with Gasteiger partial charge < -0.3 is 15.4 Å². The zero-order valence-electron chi connectivity index (χ0n) is 16.4. The molecule has 0 spiro atoms. The maximum Gasteiger partial charge on any atom is 0.261 e. The van der Waals surface area contributed by atoms with Crippen LogP contribution in [-0.4, -0.2) is 26.0 Å². The monoisotopic (exact) mass is 435 g/mol. The largest absolute Gasteiger partial charge is 0.494 e. The van der Waals surface area contributed by atoms with Gasteiger partial charge in [0.1, 0.15) is 5.75 Å². The number of anilines is 2. The summed E-state index contributed by atoms with van der Waals surface area (Å²) in [6, 6.07) is 12.8. The SMILES string of the molecule is CCCCC(=O)NC(=S)Nc1ccc(S(=O)(=O)Nc2ccc(OCC)cc2)cc1. The van der Waals surface area contributed by atoms with Gasteiger partial charge in [0, 0.05) is 17.8 Å². The summed E-state index contributed by atoms with van der Waals surface area (Å²) < 4.78 is 33.0. The lowest BCUT2D eigenvalue weighted by molar-refractivity contribution is -0.119. The second-order valence-corrected chi connectivity index (χ2v) is 8.28. The first kappa shape index (κ1) is 22.6. The number of thiocarbonyl (C=S) groups is 1. The van der Waals surface area contributed by atoms with Gasteiger partial charge in [-0.1, -0.05) is 13.3 Å². The Morgan fingerprint density at radius 3 is 2.21 bits per heavy atom. The molecule has 3 N–H and O–H groups in total. The van der Waals surface area contributed by atoms with Gasteiger partial charge in [-0.2, -0.15) is 0 Å². The average molecular weight is 436 g/mol. The molecule has 2 aromatic rings. The fourth-order valence-corrected chi connectivity index (χ4v) is 3.70. The summed E-state index contributed by atoms with van der Waals surface area (Å²) in [4.78, 5) is 11.8. The van der Waals surface area contributed by atoms with Crippen LogP contribution in [0.25, 0.3) is 0 Å². The molecular formula is C20H25N3O4S2. The van der Waals surface area contributed by atoms with Crippen LogP contribution in [-0.2, 0) is 14.8 Å². The minimum Gasteiger partial charge on any atom is -0.494 e. The molecule has 0 aliphatic heterocycles. The standard InChI is InChI=1S/C20H25N3O4S2/c1-3-5-6-19(24)22-20(28)21-15-9-13-18(14-10-15)29(25,26)23-16-7-11-17(12-8-16)27-4-2/h7-14,23H,3-6H2,1-2H3,(H2,21,22,24,28). The number of sulfonamides is 1. The van der Waals surface area contributed by atoms with Gasteiger partial charge in [0.05, 0.1) is 11.5 Å². The van der Waals surface area contributed by atoms with Gasteiger partial charge in [-0.25, -0.2) is 8.42 Å². The molecule has 1 amide bonds. The summed E-state index contributed by atoms with van der Waals surface area (Å²) in [5, 5.41) is 5.64. The fraction of sp³-hybridized carbons (Fsp3) is 0.300. The summed E-state index contributed by atoms with van der Waals surface area (Å²) in [7, 11) is -3.73. The summed E-state index contributed by atoms with van der Waals surface area (Å²) in [6.07, 6.45) is 2.13. The Hall–Kier alpha value is -2.65. The van der Waals surface area contributed by atoms with E-state index in [0.29, 0.717) is 30.2 Å². The number of carbonyl (C=O) groups excluding carboxylic acids is 1. The van der Waals surface area contributed by atoms with Crippen molar-refractivity contribution in [1.82, 2.24) is 5.32 Å². The van der Waals surface area contributed by atoms with Crippen LogP contribution in [0.3, 0.4) is 0 Å². The number of hydrogen-bond donors (Lipinski definition) is 3. The number of amides is 1. The molecular weight excluding hydrogens is 410 g/mol. The molecule has 9 heteroatoms. The third-order valence-electron chi connectivity index (χ3n) is 3.85. The fourth-order valence-electron chi connectivity index (χ4n) is 2.41. The average Bonchev–Trinajstić information content (AvgIpc) is 2.68. The van der Waals surface area contributed by atoms with Crippen LogP contribution < -0.4 is 20.1 Å². The Balaban J connectivity index is 1.97. The normalized spacial score (nSPS) is 10.8. The zero-order chi connectivity index (χ0) is 21.3. The third kappa shape index (κ3) is 7.35. The predicted molar refractivity (Wildman–Crippen MR) is 119 cm³/mol.